The van der Waals surface area contributed by atoms with Crippen molar-refractivity contribution in [1.29, 1.82) is 0 Å². The van der Waals surface area contributed by atoms with Crippen LogP contribution in [0.15, 0.2) is 23.0 Å². The standard InChI is InChI=1S/C10H11ClN2O3S/c1-12-8-5-3-4-7(6-17(11,15)16)9(8)13(2)10(12)14/h3-5H,6H2,1-2H3. The summed E-state index contributed by atoms with van der Waals surface area (Å²) in [6.07, 6.45) is 0. The molecule has 0 N–H and O–H groups in total. The molecule has 17 heavy (non-hydrogen) atoms. The molecule has 0 aliphatic heterocycles. The number of rotatable bonds is 2. The summed E-state index contributed by atoms with van der Waals surface area (Å²) in [6.45, 7) is 0. The molecule has 0 fully saturated rings. The molecule has 0 saturated carbocycles. The Hall–Kier alpha value is -1.27. The fourth-order valence-corrected chi connectivity index (χ4v) is 2.92. The highest BCUT2D eigenvalue weighted by Gasteiger charge is 2.15. The van der Waals surface area contributed by atoms with Crippen LogP contribution in [-0.4, -0.2) is 17.6 Å². The number of nitrogens with zero attached hydrogens (tertiary/aromatic N) is 2. The molecule has 92 valence electrons. The SMILES string of the molecule is Cn1c(=O)n(C)c2c(CS(=O)(=O)Cl)cccc21. The molecule has 0 aliphatic rings. The van der Waals surface area contributed by atoms with E-state index >= 15 is 0 Å². The summed E-state index contributed by atoms with van der Waals surface area (Å²) in [7, 11) is 4.85. The van der Waals surface area contributed by atoms with Gasteiger partial charge in [0, 0.05) is 24.8 Å². The van der Waals surface area contributed by atoms with Crippen molar-refractivity contribution in [3.05, 3.63) is 34.2 Å². The molecule has 0 amide bonds. The van der Waals surface area contributed by atoms with E-state index in [1.165, 1.54) is 9.13 Å². The van der Waals surface area contributed by atoms with Crippen LogP contribution in [0.25, 0.3) is 11.0 Å². The molecule has 2 rings (SSSR count). The Morgan fingerprint density at radius 3 is 2.47 bits per heavy atom. The number of benzene rings is 1. The minimum Gasteiger partial charge on any atom is -0.295 e. The first-order valence-electron chi connectivity index (χ1n) is 4.87. The maximum Gasteiger partial charge on any atom is 0.328 e. The van der Waals surface area contributed by atoms with E-state index in [2.05, 4.69) is 0 Å². The summed E-state index contributed by atoms with van der Waals surface area (Å²) < 4.78 is 25.1. The third-order valence-electron chi connectivity index (χ3n) is 2.70. The van der Waals surface area contributed by atoms with Gasteiger partial charge in [-0.1, -0.05) is 12.1 Å². The van der Waals surface area contributed by atoms with E-state index in [-0.39, 0.29) is 11.4 Å². The van der Waals surface area contributed by atoms with E-state index in [4.69, 9.17) is 10.7 Å². The van der Waals surface area contributed by atoms with E-state index in [0.29, 0.717) is 16.6 Å². The number of hydrogen-bond acceptors (Lipinski definition) is 3. The second-order valence-electron chi connectivity index (χ2n) is 3.87. The maximum absolute atomic E-state index is 11.7. The zero-order valence-electron chi connectivity index (χ0n) is 9.34. The van der Waals surface area contributed by atoms with Gasteiger partial charge in [-0.25, -0.2) is 13.2 Å². The van der Waals surface area contributed by atoms with Crippen molar-refractivity contribution in [3.8, 4) is 0 Å². The van der Waals surface area contributed by atoms with Gasteiger partial charge in [0.2, 0.25) is 9.05 Å². The van der Waals surface area contributed by atoms with Gasteiger partial charge in [0.25, 0.3) is 0 Å². The largest absolute Gasteiger partial charge is 0.328 e. The van der Waals surface area contributed by atoms with Crippen LogP contribution in [0, 0.1) is 0 Å². The summed E-state index contributed by atoms with van der Waals surface area (Å²) in [5.41, 5.74) is 1.62. The lowest BCUT2D eigenvalue weighted by molar-refractivity contribution is 0.609. The fraction of sp³-hybridized carbons (Fsp3) is 0.300. The normalized spacial score (nSPS) is 12.2. The average molecular weight is 275 g/mol. The summed E-state index contributed by atoms with van der Waals surface area (Å²) in [4.78, 5) is 11.7. The molecule has 0 radical (unpaired) electrons. The molecule has 0 saturated heterocycles. The Morgan fingerprint density at radius 2 is 1.88 bits per heavy atom. The lowest BCUT2D eigenvalue weighted by Crippen LogP contribution is -2.19. The molecule has 0 spiro atoms. The van der Waals surface area contributed by atoms with Crippen molar-refractivity contribution in [3.63, 3.8) is 0 Å². The van der Waals surface area contributed by atoms with Crippen LogP contribution in [0.4, 0.5) is 0 Å². The Labute approximate surface area is 103 Å². The van der Waals surface area contributed by atoms with E-state index in [1.54, 1.807) is 32.3 Å². The van der Waals surface area contributed by atoms with Crippen LogP contribution in [-0.2, 0) is 28.9 Å². The Kier molecular flexibility index (Phi) is 2.79. The predicted molar refractivity (Wildman–Crippen MR) is 66.6 cm³/mol. The summed E-state index contributed by atoms with van der Waals surface area (Å²) in [5, 5.41) is 0. The molecule has 7 heteroatoms. The van der Waals surface area contributed by atoms with Crippen LogP contribution in [0.2, 0.25) is 0 Å². The van der Waals surface area contributed by atoms with Crippen molar-refractivity contribution >= 4 is 30.8 Å². The van der Waals surface area contributed by atoms with Gasteiger partial charge in [0.1, 0.15) is 0 Å². The Bertz CT molecular complexity index is 743. The predicted octanol–water partition coefficient (Wildman–Crippen LogP) is 0.946. The molecule has 5 nitrogen and oxygen atoms in total. The molecule has 1 aromatic carbocycles. The maximum atomic E-state index is 11.7. The molecular formula is C10H11ClN2O3S. The van der Waals surface area contributed by atoms with Crippen LogP contribution >= 0.6 is 10.7 Å². The number of aryl methyl sites for hydroxylation is 2. The van der Waals surface area contributed by atoms with Crippen LogP contribution in [0.3, 0.4) is 0 Å². The van der Waals surface area contributed by atoms with E-state index in [1.807, 2.05) is 0 Å². The number of imidazole rings is 1. The Morgan fingerprint density at radius 1 is 1.24 bits per heavy atom. The number of hydrogen-bond donors (Lipinski definition) is 0. The number of aromatic nitrogens is 2. The lowest BCUT2D eigenvalue weighted by Gasteiger charge is -2.02. The van der Waals surface area contributed by atoms with Crippen molar-refractivity contribution in [2.75, 3.05) is 0 Å². The third-order valence-corrected chi connectivity index (χ3v) is 3.68. The first-order chi connectivity index (χ1) is 7.81. The summed E-state index contributed by atoms with van der Waals surface area (Å²) >= 11 is 0. The second-order valence-corrected chi connectivity index (χ2v) is 6.65. The molecule has 1 aromatic heterocycles. The quantitative estimate of drug-likeness (QED) is 0.766. The fourth-order valence-electron chi connectivity index (χ4n) is 1.96. The van der Waals surface area contributed by atoms with Crippen LogP contribution in [0.5, 0.6) is 0 Å². The highest BCUT2D eigenvalue weighted by Crippen LogP contribution is 2.20. The number of halogens is 1. The van der Waals surface area contributed by atoms with Crippen molar-refractivity contribution in [2.45, 2.75) is 5.75 Å². The van der Waals surface area contributed by atoms with Crippen molar-refractivity contribution < 1.29 is 8.42 Å². The van der Waals surface area contributed by atoms with Crippen LogP contribution in [0.1, 0.15) is 5.56 Å². The molecule has 1 heterocycles. The van der Waals surface area contributed by atoms with Gasteiger partial charge >= 0.3 is 5.69 Å². The first kappa shape index (κ1) is 12.2. The van der Waals surface area contributed by atoms with Gasteiger partial charge in [-0.3, -0.25) is 9.13 Å². The van der Waals surface area contributed by atoms with Gasteiger partial charge in [-0.05, 0) is 11.6 Å². The highest BCUT2D eigenvalue weighted by atomic mass is 35.7. The smallest absolute Gasteiger partial charge is 0.295 e. The van der Waals surface area contributed by atoms with Gasteiger partial charge in [0.05, 0.1) is 16.8 Å². The monoisotopic (exact) mass is 274 g/mol. The van der Waals surface area contributed by atoms with Gasteiger partial charge in [-0.15, -0.1) is 0 Å². The molecule has 0 atom stereocenters. The average Bonchev–Trinajstić information content (AvgIpc) is 2.43. The van der Waals surface area contributed by atoms with Gasteiger partial charge < -0.3 is 0 Å². The molecule has 0 unspecified atom stereocenters. The van der Waals surface area contributed by atoms with Crippen molar-refractivity contribution in [2.24, 2.45) is 14.1 Å². The van der Waals surface area contributed by atoms with Crippen LogP contribution < -0.4 is 5.69 Å². The minimum atomic E-state index is -3.64. The second kappa shape index (κ2) is 3.89. The molecular weight excluding hydrogens is 264 g/mol. The van der Waals surface area contributed by atoms with Crippen molar-refractivity contribution in [1.82, 2.24) is 9.13 Å². The van der Waals surface area contributed by atoms with Gasteiger partial charge in [-0.2, -0.15) is 0 Å². The first-order valence-corrected chi connectivity index (χ1v) is 7.35. The van der Waals surface area contributed by atoms with E-state index in [9.17, 15) is 13.2 Å². The highest BCUT2D eigenvalue weighted by molar-refractivity contribution is 8.13. The zero-order valence-corrected chi connectivity index (χ0v) is 10.9. The number of fused-ring (bicyclic) bond motifs is 1. The lowest BCUT2D eigenvalue weighted by atomic mass is 10.2. The Balaban J connectivity index is 2.83. The third kappa shape index (κ3) is 2.10. The topological polar surface area (TPSA) is 61.1 Å². The summed E-state index contributed by atoms with van der Waals surface area (Å²) in [6, 6.07) is 5.13. The molecule has 0 bridgehead atoms. The zero-order chi connectivity index (χ0) is 12.8. The van der Waals surface area contributed by atoms with E-state index in [0.717, 1.165) is 0 Å². The number of para-hydroxylation sites is 1. The van der Waals surface area contributed by atoms with Gasteiger partial charge in [0.15, 0.2) is 0 Å². The summed E-state index contributed by atoms with van der Waals surface area (Å²) in [5.74, 6) is -0.289. The van der Waals surface area contributed by atoms with E-state index < -0.39 is 9.05 Å². The minimum absolute atomic E-state index is 0.195. The molecule has 0 aliphatic carbocycles. The molecule has 2 aromatic rings.